The van der Waals surface area contributed by atoms with Crippen molar-refractivity contribution >= 4 is 10.9 Å². The summed E-state index contributed by atoms with van der Waals surface area (Å²) in [4.78, 5) is 17.3. The van der Waals surface area contributed by atoms with E-state index in [2.05, 4.69) is 4.98 Å². The fraction of sp³-hybridized carbons (Fsp3) is 0.500. The fourth-order valence-corrected chi connectivity index (χ4v) is 3.32. The van der Waals surface area contributed by atoms with Crippen LogP contribution in [0.4, 0.5) is 0 Å². The van der Waals surface area contributed by atoms with Gasteiger partial charge in [-0.15, -0.1) is 0 Å². The number of likely N-dealkylation sites (N-methyl/N-ethyl adjacent to an activating group) is 1. The summed E-state index contributed by atoms with van der Waals surface area (Å²) in [5.74, 6) is 1.43. The maximum atomic E-state index is 12.5. The lowest BCUT2D eigenvalue weighted by Crippen LogP contribution is -2.40. The molecular formula is C18H24N2O6. The topological polar surface area (TPSA) is 93.3 Å². The van der Waals surface area contributed by atoms with Gasteiger partial charge in [-0.3, -0.25) is 9.69 Å². The Kier molecular flexibility index (Phi) is 5.36. The molecule has 0 radical (unpaired) electrons. The van der Waals surface area contributed by atoms with Crippen LogP contribution in [-0.4, -0.2) is 68.7 Å². The van der Waals surface area contributed by atoms with Crippen molar-refractivity contribution in [3.63, 3.8) is 0 Å². The molecule has 1 aliphatic rings. The van der Waals surface area contributed by atoms with Crippen LogP contribution in [0.15, 0.2) is 16.9 Å². The Morgan fingerprint density at radius 2 is 1.92 bits per heavy atom. The molecule has 3 rings (SSSR count). The summed E-state index contributed by atoms with van der Waals surface area (Å²) in [6.07, 6.45) is -0.557. The van der Waals surface area contributed by atoms with Crippen molar-refractivity contribution < 1.29 is 24.1 Å². The number of pyridine rings is 1. The Morgan fingerprint density at radius 3 is 2.50 bits per heavy atom. The second-order valence-corrected chi connectivity index (χ2v) is 6.32. The third-order valence-corrected chi connectivity index (χ3v) is 4.73. The molecule has 8 heteroatoms. The van der Waals surface area contributed by atoms with Crippen molar-refractivity contribution in [2.45, 2.75) is 18.7 Å². The summed E-state index contributed by atoms with van der Waals surface area (Å²) < 4.78 is 21.5. The first-order valence-corrected chi connectivity index (χ1v) is 8.31. The first kappa shape index (κ1) is 18.5. The standard InChI is InChI=1S/C18H24N2O6/c1-20(13-8-26-9-14(13)21)7-10-5-11-12(19-18(10)22)6-15(23-2)17(25-4)16(11)24-3/h5-6,13-14,21H,7-9H2,1-4H3,(H,19,22)/t13-,14-/m1/s1. The fourth-order valence-electron chi connectivity index (χ4n) is 3.32. The van der Waals surface area contributed by atoms with Gasteiger partial charge in [0.25, 0.3) is 5.56 Å². The Balaban J connectivity index is 2.04. The second kappa shape index (κ2) is 7.53. The van der Waals surface area contributed by atoms with Crippen LogP contribution in [0.1, 0.15) is 5.56 Å². The molecule has 1 fully saturated rings. The minimum atomic E-state index is -0.557. The number of aliphatic hydroxyl groups is 1. The average Bonchev–Trinajstić information content (AvgIpc) is 3.06. The number of aromatic nitrogens is 1. The normalized spacial score (nSPS) is 19.9. The molecule has 0 bridgehead atoms. The van der Waals surface area contributed by atoms with Crippen molar-refractivity contribution in [2.24, 2.45) is 0 Å². The number of aliphatic hydroxyl groups excluding tert-OH is 1. The van der Waals surface area contributed by atoms with Crippen LogP contribution < -0.4 is 19.8 Å². The number of fused-ring (bicyclic) bond motifs is 1. The lowest BCUT2D eigenvalue weighted by atomic mass is 10.1. The number of rotatable bonds is 6. The quantitative estimate of drug-likeness (QED) is 0.781. The van der Waals surface area contributed by atoms with Gasteiger partial charge in [-0.25, -0.2) is 0 Å². The molecule has 0 saturated carbocycles. The number of nitrogens with one attached hydrogen (secondary N) is 1. The van der Waals surface area contributed by atoms with E-state index >= 15 is 0 Å². The maximum absolute atomic E-state index is 12.5. The third kappa shape index (κ3) is 3.23. The second-order valence-electron chi connectivity index (χ2n) is 6.32. The van der Waals surface area contributed by atoms with Crippen LogP contribution in [0, 0.1) is 0 Å². The number of benzene rings is 1. The molecule has 26 heavy (non-hydrogen) atoms. The average molecular weight is 364 g/mol. The smallest absolute Gasteiger partial charge is 0.252 e. The van der Waals surface area contributed by atoms with Crippen molar-refractivity contribution in [1.29, 1.82) is 0 Å². The first-order valence-electron chi connectivity index (χ1n) is 8.31. The highest BCUT2D eigenvalue weighted by Crippen LogP contribution is 2.42. The van der Waals surface area contributed by atoms with Crippen molar-refractivity contribution in [1.82, 2.24) is 9.88 Å². The number of methoxy groups -OCH3 is 3. The van der Waals surface area contributed by atoms with E-state index in [-0.39, 0.29) is 11.6 Å². The van der Waals surface area contributed by atoms with Gasteiger partial charge in [0.15, 0.2) is 11.5 Å². The molecule has 2 N–H and O–H groups in total. The lowest BCUT2D eigenvalue weighted by Gasteiger charge is -2.25. The third-order valence-electron chi connectivity index (χ3n) is 4.73. The van der Waals surface area contributed by atoms with Gasteiger partial charge in [0.1, 0.15) is 0 Å². The number of hydrogen-bond acceptors (Lipinski definition) is 7. The van der Waals surface area contributed by atoms with Crippen LogP contribution in [0.3, 0.4) is 0 Å². The molecule has 0 aliphatic carbocycles. The van der Waals surface area contributed by atoms with Gasteiger partial charge in [-0.2, -0.15) is 0 Å². The predicted molar refractivity (Wildman–Crippen MR) is 96.3 cm³/mol. The highest BCUT2D eigenvalue weighted by atomic mass is 16.5. The lowest BCUT2D eigenvalue weighted by molar-refractivity contribution is 0.0923. The number of aromatic amines is 1. The van der Waals surface area contributed by atoms with Crippen LogP contribution in [-0.2, 0) is 11.3 Å². The summed E-state index contributed by atoms with van der Waals surface area (Å²) in [5, 5.41) is 10.7. The van der Waals surface area contributed by atoms with E-state index in [1.54, 1.807) is 19.2 Å². The monoisotopic (exact) mass is 364 g/mol. The molecule has 0 unspecified atom stereocenters. The van der Waals surface area contributed by atoms with E-state index in [1.807, 2.05) is 11.9 Å². The summed E-state index contributed by atoms with van der Waals surface area (Å²) >= 11 is 0. The summed E-state index contributed by atoms with van der Waals surface area (Å²) in [6, 6.07) is 3.35. The molecule has 2 aromatic rings. The van der Waals surface area contributed by atoms with Crippen molar-refractivity contribution in [2.75, 3.05) is 41.6 Å². The molecular weight excluding hydrogens is 340 g/mol. The molecule has 1 saturated heterocycles. The summed E-state index contributed by atoms with van der Waals surface area (Å²) in [7, 11) is 6.46. The van der Waals surface area contributed by atoms with Gasteiger partial charge >= 0.3 is 0 Å². The molecule has 1 aromatic carbocycles. The zero-order chi connectivity index (χ0) is 18.8. The molecule has 0 amide bonds. The van der Waals surface area contributed by atoms with Gasteiger partial charge in [-0.1, -0.05) is 0 Å². The van der Waals surface area contributed by atoms with E-state index in [0.29, 0.717) is 48.1 Å². The molecule has 1 aromatic heterocycles. The number of ether oxygens (including phenoxy) is 4. The molecule has 2 atom stereocenters. The van der Waals surface area contributed by atoms with Crippen LogP contribution in [0.2, 0.25) is 0 Å². The minimum absolute atomic E-state index is 0.141. The highest BCUT2D eigenvalue weighted by molar-refractivity contribution is 5.90. The summed E-state index contributed by atoms with van der Waals surface area (Å²) in [6.45, 7) is 1.12. The Hall–Kier alpha value is -2.29. The minimum Gasteiger partial charge on any atom is -0.493 e. The molecule has 8 nitrogen and oxygen atoms in total. The maximum Gasteiger partial charge on any atom is 0.252 e. The number of hydrogen-bond donors (Lipinski definition) is 2. The Morgan fingerprint density at radius 1 is 1.19 bits per heavy atom. The highest BCUT2D eigenvalue weighted by Gasteiger charge is 2.30. The molecule has 1 aliphatic heterocycles. The van der Waals surface area contributed by atoms with E-state index in [1.165, 1.54) is 14.2 Å². The van der Waals surface area contributed by atoms with Crippen LogP contribution in [0.25, 0.3) is 10.9 Å². The SMILES string of the molecule is COc1cc2[nH]c(=O)c(CN(C)[C@@H]3COC[C@H]3O)cc2c(OC)c1OC. The van der Waals surface area contributed by atoms with Gasteiger partial charge in [0.2, 0.25) is 5.75 Å². The largest absolute Gasteiger partial charge is 0.493 e. The number of nitrogens with zero attached hydrogens (tertiary/aromatic N) is 1. The molecule has 2 heterocycles. The number of H-pyrrole nitrogens is 1. The van der Waals surface area contributed by atoms with E-state index in [9.17, 15) is 9.90 Å². The van der Waals surface area contributed by atoms with Crippen molar-refractivity contribution in [3.8, 4) is 17.2 Å². The van der Waals surface area contributed by atoms with Gasteiger partial charge in [-0.05, 0) is 13.1 Å². The molecule has 0 spiro atoms. The molecule has 142 valence electrons. The first-order chi connectivity index (χ1) is 12.5. The predicted octanol–water partition coefficient (Wildman–Crippen LogP) is 0.745. The Bertz CT molecular complexity index is 850. The van der Waals surface area contributed by atoms with Gasteiger partial charge in [0.05, 0.1) is 52.2 Å². The van der Waals surface area contributed by atoms with Gasteiger partial charge in [0, 0.05) is 23.6 Å². The van der Waals surface area contributed by atoms with E-state index < -0.39 is 6.10 Å². The zero-order valence-electron chi connectivity index (χ0n) is 15.4. The zero-order valence-corrected chi connectivity index (χ0v) is 15.4. The van der Waals surface area contributed by atoms with Crippen molar-refractivity contribution in [3.05, 3.63) is 28.0 Å². The Labute approximate surface area is 151 Å². The summed E-state index contributed by atoms with van der Waals surface area (Å²) in [5.41, 5.74) is 0.955. The van der Waals surface area contributed by atoms with E-state index in [0.717, 1.165) is 5.39 Å². The van der Waals surface area contributed by atoms with Crippen LogP contribution in [0.5, 0.6) is 17.2 Å². The van der Waals surface area contributed by atoms with E-state index in [4.69, 9.17) is 18.9 Å². The van der Waals surface area contributed by atoms with Crippen LogP contribution >= 0.6 is 0 Å². The van der Waals surface area contributed by atoms with Gasteiger partial charge < -0.3 is 29.0 Å².